The second kappa shape index (κ2) is 6.31. The molecular formula is C21H18O. The smallest absolute Gasteiger partial charge is 0.118 e. The molecule has 0 aliphatic carbocycles. The number of rotatable bonds is 4. The van der Waals surface area contributed by atoms with Crippen molar-refractivity contribution in [3.63, 3.8) is 0 Å². The predicted octanol–water partition coefficient (Wildman–Crippen LogP) is 5.42. The van der Waals surface area contributed by atoms with Crippen LogP contribution in [0.5, 0.6) is 5.75 Å². The van der Waals surface area contributed by atoms with Crippen molar-refractivity contribution in [2.45, 2.75) is 0 Å². The average Bonchev–Trinajstić information content (AvgIpc) is 2.62. The Kier molecular flexibility index (Phi) is 4.06. The third kappa shape index (κ3) is 2.94. The first-order valence-electron chi connectivity index (χ1n) is 7.27. The van der Waals surface area contributed by atoms with E-state index in [4.69, 9.17) is 4.74 Å². The fourth-order valence-corrected chi connectivity index (χ4v) is 2.48. The fourth-order valence-electron chi connectivity index (χ4n) is 2.48. The van der Waals surface area contributed by atoms with Gasteiger partial charge in [-0.05, 0) is 46.0 Å². The highest BCUT2D eigenvalue weighted by Crippen LogP contribution is 2.27. The summed E-state index contributed by atoms with van der Waals surface area (Å²) in [6.07, 6.45) is 0. The van der Waals surface area contributed by atoms with Crippen LogP contribution in [0.1, 0.15) is 11.1 Å². The van der Waals surface area contributed by atoms with Gasteiger partial charge in [0, 0.05) is 0 Å². The third-order valence-corrected chi connectivity index (χ3v) is 3.76. The molecule has 108 valence electrons. The van der Waals surface area contributed by atoms with Gasteiger partial charge >= 0.3 is 0 Å². The first kappa shape index (κ1) is 14.2. The minimum absolute atomic E-state index is 0.856. The number of hydrogen-bond acceptors (Lipinski definition) is 1. The zero-order valence-electron chi connectivity index (χ0n) is 12.6. The van der Waals surface area contributed by atoms with Gasteiger partial charge < -0.3 is 4.74 Å². The first-order valence-corrected chi connectivity index (χ1v) is 7.27. The number of methoxy groups -OCH3 is 1. The van der Waals surface area contributed by atoms with Crippen LogP contribution in [0.25, 0.3) is 16.7 Å². The van der Waals surface area contributed by atoms with E-state index in [-0.39, 0.29) is 0 Å². The van der Waals surface area contributed by atoms with Gasteiger partial charge in [0.25, 0.3) is 0 Å². The van der Waals surface area contributed by atoms with Gasteiger partial charge in [-0.1, -0.05) is 67.2 Å². The van der Waals surface area contributed by atoms with Crippen molar-refractivity contribution < 1.29 is 4.74 Å². The maximum Gasteiger partial charge on any atom is 0.118 e. The quantitative estimate of drug-likeness (QED) is 0.622. The fraction of sp³-hybridized carbons (Fsp3) is 0.0476. The standard InChI is InChI=1S/C21H18O/c1-16(17-11-13-21(22-2)14-12-17)19-9-6-10-20(15-19)18-7-4-3-5-8-18/h3-15H,1H2,2H3. The molecule has 1 heteroatoms. The normalized spacial score (nSPS) is 10.2. The van der Waals surface area contributed by atoms with Gasteiger partial charge in [0.15, 0.2) is 0 Å². The molecule has 0 aliphatic rings. The van der Waals surface area contributed by atoms with E-state index in [1.54, 1.807) is 7.11 Å². The zero-order chi connectivity index (χ0) is 15.4. The predicted molar refractivity (Wildman–Crippen MR) is 93.0 cm³/mol. The minimum Gasteiger partial charge on any atom is -0.497 e. The van der Waals surface area contributed by atoms with E-state index >= 15 is 0 Å². The maximum absolute atomic E-state index is 5.20. The topological polar surface area (TPSA) is 9.23 Å². The van der Waals surface area contributed by atoms with E-state index in [9.17, 15) is 0 Å². The van der Waals surface area contributed by atoms with Crippen LogP contribution in [0, 0.1) is 0 Å². The lowest BCUT2D eigenvalue weighted by molar-refractivity contribution is 0.415. The summed E-state index contributed by atoms with van der Waals surface area (Å²) >= 11 is 0. The SMILES string of the molecule is C=C(c1ccc(OC)cc1)c1cccc(-c2ccccc2)c1. The summed E-state index contributed by atoms with van der Waals surface area (Å²) in [5.41, 5.74) is 5.66. The van der Waals surface area contributed by atoms with Crippen molar-refractivity contribution in [3.05, 3.63) is 96.6 Å². The summed E-state index contributed by atoms with van der Waals surface area (Å²) in [6, 6.07) is 26.9. The molecular weight excluding hydrogens is 268 g/mol. The Morgan fingerprint density at radius 2 is 1.41 bits per heavy atom. The van der Waals surface area contributed by atoms with Crippen LogP contribution in [0.2, 0.25) is 0 Å². The highest BCUT2D eigenvalue weighted by molar-refractivity contribution is 5.80. The van der Waals surface area contributed by atoms with Gasteiger partial charge in [-0.2, -0.15) is 0 Å². The zero-order valence-corrected chi connectivity index (χ0v) is 12.6. The molecule has 0 aliphatic heterocycles. The molecule has 1 nitrogen and oxygen atoms in total. The Bertz CT molecular complexity index is 771. The average molecular weight is 286 g/mol. The van der Waals surface area contributed by atoms with Crippen molar-refractivity contribution >= 4 is 5.57 Å². The second-order valence-electron chi connectivity index (χ2n) is 5.15. The van der Waals surface area contributed by atoms with Crippen LogP contribution < -0.4 is 4.74 Å². The van der Waals surface area contributed by atoms with Crippen molar-refractivity contribution in [2.75, 3.05) is 7.11 Å². The van der Waals surface area contributed by atoms with Gasteiger partial charge in [0.2, 0.25) is 0 Å². The van der Waals surface area contributed by atoms with Crippen molar-refractivity contribution in [1.82, 2.24) is 0 Å². The molecule has 0 N–H and O–H groups in total. The van der Waals surface area contributed by atoms with Crippen molar-refractivity contribution in [2.24, 2.45) is 0 Å². The molecule has 0 bridgehead atoms. The molecule has 0 heterocycles. The summed E-state index contributed by atoms with van der Waals surface area (Å²) in [6.45, 7) is 4.24. The molecule has 0 amide bonds. The maximum atomic E-state index is 5.20. The van der Waals surface area contributed by atoms with Crippen LogP contribution in [-0.2, 0) is 0 Å². The Balaban J connectivity index is 1.92. The number of ether oxygens (including phenoxy) is 1. The summed E-state index contributed by atoms with van der Waals surface area (Å²) in [4.78, 5) is 0. The van der Waals surface area contributed by atoms with E-state index in [0.29, 0.717) is 0 Å². The van der Waals surface area contributed by atoms with Crippen LogP contribution >= 0.6 is 0 Å². The molecule has 3 aromatic carbocycles. The van der Waals surface area contributed by atoms with Gasteiger partial charge in [0.05, 0.1) is 7.11 Å². The Morgan fingerprint density at radius 3 is 2.09 bits per heavy atom. The highest BCUT2D eigenvalue weighted by atomic mass is 16.5. The molecule has 0 unspecified atom stereocenters. The first-order chi connectivity index (χ1) is 10.8. The Hall–Kier alpha value is -2.80. The van der Waals surface area contributed by atoms with Crippen molar-refractivity contribution in [3.8, 4) is 16.9 Å². The largest absolute Gasteiger partial charge is 0.497 e. The van der Waals surface area contributed by atoms with E-state index in [1.807, 2.05) is 30.3 Å². The van der Waals surface area contributed by atoms with E-state index in [2.05, 4.69) is 55.1 Å². The van der Waals surface area contributed by atoms with Crippen LogP contribution in [0.15, 0.2) is 85.4 Å². The van der Waals surface area contributed by atoms with E-state index in [1.165, 1.54) is 11.1 Å². The Morgan fingerprint density at radius 1 is 0.727 bits per heavy atom. The summed E-state index contributed by atoms with van der Waals surface area (Å²) in [5, 5.41) is 0. The second-order valence-corrected chi connectivity index (χ2v) is 5.15. The lowest BCUT2D eigenvalue weighted by Gasteiger charge is -2.10. The molecule has 22 heavy (non-hydrogen) atoms. The molecule has 0 atom stereocenters. The van der Waals surface area contributed by atoms with Gasteiger partial charge in [-0.15, -0.1) is 0 Å². The summed E-state index contributed by atoms with van der Waals surface area (Å²) in [7, 11) is 1.67. The molecule has 0 fully saturated rings. The number of benzene rings is 3. The summed E-state index contributed by atoms with van der Waals surface area (Å²) < 4.78 is 5.20. The molecule has 0 radical (unpaired) electrons. The molecule has 3 rings (SSSR count). The van der Waals surface area contributed by atoms with Crippen LogP contribution in [-0.4, -0.2) is 7.11 Å². The lowest BCUT2D eigenvalue weighted by Crippen LogP contribution is -1.88. The summed E-state index contributed by atoms with van der Waals surface area (Å²) in [5.74, 6) is 0.856. The van der Waals surface area contributed by atoms with Gasteiger partial charge in [-0.3, -0.25) is 0 Å². The minimum atomic E-state index is 0.856. The molecule has 0 aromatic heterocycles. The molecule has 3 aromatic rings. The van der Waals surface area contributed by atoms with Gasteiger partial charge in [-0.25, -0.2) is 0 Å². The van der Waals surface area contributed by atoms with E-state index < -0.39 is 0 Å². The van der Waals surface area contributed by atoms with Crippen molar-refractivity contribution in [1.29, 1.82) is 0 Å². The van der Waals surface area contributed by atoms with Gasteiger partial charge in [0.1, 0.15) is 5.75 Å². The number of hydrogen-bond donors (Lipinski definition) is 0. The van der Waals surface area contributed by atoms with Crippen LogP contribution in [0.3, 0.4) is 0 Å². The molecule has 0 spiro atoms. The monoisotopic (exact) mass is 286 g/mol. The molecule has 0 saturated carbocycles. The molecule has 0 saturated heterocycles. The lowest BCUT2D eigenvalue weighted by atomic mass is 9.96. The third-order valence-electron chi connectivity index (χ3n) is 3.76. The van der Waals surface area contributed by atoms with Crippen LogP contribution in [0.4, 0.5) is 0 Å². The van der Waals surface area contributed by atoms with E-state index in [0.717, 1.165) is 22.4 Å². The highest BCUT2D eigenvalue weighted by Gasteiger charge is 2.05. The Labute approximate surface area is 131 Å².